The zero-order chi connectivity index (χ0) is 27.3. The van der Waals surface area contributed by atoms with E-state index in [-0.39, 0.29) is 0 Å². The molecule has 6 rings (SSSR count). The third-order valence-corrected chi connectivity index (χ3v) is 8.05. The van der Waals surface area contributed by atoms with Crippen LogP contribution in [0.4, 0.5) is 17.1 Å². The van der Waals surface area contributed by atoms with Crippen molar-refractivity contribution in [3.63, 3.8) is 0 Å². The fourth-order valence-corrected chi connectivity index (χ4v) is 5.74. The lowest BCUT2D eigenvalue weighted by Crippen LogP contribution is -2.29. The third-order valence-electron chi connectivity index (χ3n) is 7.72. The molecular formula is C34H34ClN5. The summed E-state index contributed by atoms with van der Waals surface area (Å²) in [5.74, 6) is 0. The Morgan fingerprint density at radius 3 is 2.42 bits per heavy atom. The summed E-state index contributed by atoms with van der Waals surface area (Å²) >= 11 is 6.75. The van der Waals surface area contributed by atoms with E-state index in [4.69, 9.17) is 17.3 Å². The smallest absolute Gasteiger partial charge is 0.0951 e. The van der Waals surface area contributed by atoms with Crippen LogP contribution in [0.5, 0.6) is 0 Å². The van der Waals surface area contributed by atoms with Crippen molar-refractivity contribution in [2.45, 2.75) is 32.4 Å². The molecule has 0 bridgehead atoms. The number of hydrogen-bond acceptors (Lipinski definition) is 4. The Balaban J connectivity index is 1.18. The van der Waals surface area contributed by atoms with Crippen molar-refractivity contribution >= 4 is 28.7 Å². The number of nitrogen functional groups attached to an aromatic ring is 1. The van der Waals surface area contributed by atoms with Crippen molar-refractivity contribution < 1.29 is 0 Å². The molecule has 3 N–H and O–H groups in total. The Bertz CT molecular complexity index is 1590. The first-order chi connectivity index (χ1) is 19.7. The highest BCUT2D eigenvalue weighted by atomic mass is 35.5. The first-order valence-electron chi connectivity index (χ1n) is 14.0. The number of nitrogens with zero attached hydrogens (tertiary/aromatic N) is 3. The average molecular weight is 548 g/mol. The van der Waals surface area contributed by atoms with E-state index in [1.807, 2.05) is 42.9 Å². The van der Waals surface area contributed by atoms with E-state index in [0.29, 0.717) is 13.1 Å². The van der Waals surface area contributed by atoms with Crippen LogP contribution in [0.25, 0.3) is 22.3 Å². The van der Waals surface area contributed by atoms with Crippen LogP contribution in [0.2, 0.25) is 5.02 Å². The van der Waals surface area contributed by atoms with Crippen LogP contribution in [0.15, 0.2) is 104 Å². The minimum absolute atomic E-state index is 0.636. The lowest BCUT2D eigenvalue weighted by atomic mass is 10.0. The molecule has 5 nitrogen and oxygen atoms in total. The number of benzene rings is 4. The molecule has 0 aliphatic carbocycles. The molecule has 1 aliphatic heterocycles. The van der Waals surface area contributed by atoms with E-state index in [9.17, 15) is 0 Å². The first kappa shape index (κ1) is 26.0. The molecule has 1 fully saturated rings. The summed E-state index contributed by atoms with van der Waals surface area (Å²) in [7, 11) is 0. The highest BCUT2D eigenvalue weighted by Gasteiger charge is 2.17. The molecule has 40 heavy (non-hydrogen) atoms. The highest BCUT2D eigenvalue weighted by molar-refractivity contribution is 6.33. The van der Waals surface area contributed by atoms with Crippen LogP contribution >= 0.6 is 11.6 Å². The van der Waals surface area contributed by atoms with Gasteiger partial charge in [-0.3, -0.25) is 0 Å². The molecule has 0 amide bonds. The molecule has 4 aromatic carbocycles. The van der Waals surface area contributed by atoms with E-state index >= 15 is 0 Å². The van der Waals surface area contributed by atoms with E-state index in [1.165, 1.54) is 30.5 Å². The maximum Gasteiger partial charge on any atom is 0.0951 e. The largest absolute Gasteiger partial charge is 0.398 e. The summed E-state index contributed by atoms with van der Waals surface area (Å²) in [6.45, 7) is 3.48. The number of para-hydroxylation sites is 1. The van der Waals surface area contributed by atoms with Gasteiger partial charge in [-0.25, -0.2) is 4.98 Å². The molecule has 0 radical (unpaired) electrons. The van der Waals surface area contributed by atoms with E-state index in [1.54, 1.807) is 0 Å². The van der Waals surface area contributed by atoms with Gasteiger partial charge in [0.2, 0.25) is 0 Å². The number of hydrogen-bond donors (Lipinski definition) is 2. The molecule has 1 saturated heterocycles. The lowest BCUT2D eigenvalue weighted by molar-refractivity contribution is 0.578. The topological polar surface area (TPSA) is 59.1 Å². The van der Waals surface area contributed by atoms with E-state index < -0.39 is 0 Å². The van der Waals surface area contributed by atoms with Gasteiger partial charge in [0, 0.05) is 52.5 Å². The van der Waals surface area contributed by atoms with Crippen LogP contribution in [0.1, 0.15) is 30.5 Å². The minimum Gasteiger partial charge on any atom is -0.398 e. The van der Waals surface area contributed by atoms with Crippen molar-refractivity contribution in [1.29, 1.82) is 0 Å². The van der Waals surface area contributed by atoms with Gasteiger partial charge in [-0.15, -0.1) is 0 Å². The summed E-state index contributed by atoms with van der Waals surface area (Å²) < 4.78 is 2.14. The first-order valence-corrected chi connectivity index (χ1v) is 14.3. The second-order valence-corrected chi connectivity index (χ2v) is 10.8. The second-order valence-electron chi connectivity index (χ2n) is 10.4. The number of anilines is 3. The fraction of sp³-hybridized carbons (Fsp3) is 0.206. The zero-order valence-corrected chi connectivity index (χ0v) is 23.3. The molecule has 0 unspecified atom stereocenters. The third kappa shape index (κ3) is 5.70. The lowest BCUT2D eigenvalue weighted by Gasteiger charge is -2.31. The Morgan fingerprint density at radius 2 is 1.60 bits per heavy atom. The fourth-order valence-electron chi connectivity index (χ4n) is 5.52. The second kappa shape index (κ2) is 11.9. The van der Waals surface area contributed by atoms with Crippen LogP contribution < -0.4 is 16.0 Å². The number of piperidine rings is 1. The van der Waals surface area contributed by atoms with Crippen molar-refractivity contribution in [3.8, 4) is 22.3 Å². The van der Waals surface area contributed by atoms with Gasteiger partial charge < -0.3 is 20.5 Å². The van der Waals surface area contributed by atoms with Crippen molar-refractivity contribution in [2.24, 2.45) is 0 Å². The van der Waals surface area contributed by atoms with Crippen LogP contribution in [-0.4, -0.2) is 22.6 Å². The highest BCUT2D eigenvalue weighted by Crippen LogP contribution is 2.38. The van der Waals surface area contributed by atoms with Gasteiger partial charge in [0.05, 0.1) is 25.1 Å². The molecule has 2 heterocycles. The molecule has 202 valence electrons. The summed E-state index contributed by atoms with van der Waals surface area (Å²) in [6.07, 6.45) is 7.55. The average Bonchev–Trinajstić information content (AvgIpc) is 3.45. The number of nitrogens with one attached hydrogen (secondary N) is 1. The Morgan fingerprint density at radius 1 is 0.800 bits per heavy atom. The predicted octanol–water partition coefficient (Wildman–Crippen LogP) is 8.10. The van der Waals surface area contributed by atoms with Crippen LogP contribution in [0, 0.1) is 0 Å². The van der Waals surface area contributed by atoms with Crippen molar-refractivity contribution in [3.05, 3.63) is 120 Å². The Kier molecular flexibility index (Phi) is 7.73. The molecule has 6 heteroatoms. The molecule has 1 aromatic heterocycles. The zero-order valence-electron chi connectivity index (χ0n) is 22.6. The van der Waals surface area contributed by atoms with Gasteiger partial charge in [-0.1, -0.05) is 72.3 Å². The predicted molar refractivity (Wildman–Crippen MR) is 168 cm³/mol. The summed E-state index contributed by atoms with van der Waals surface area (Å²) in [5, 5.41) is 4.35. The molecule has 0 spiro atoms. The summed E-state index contributed by atoms with van der Waals surface area (Å²) in [6, 6.07) is 31.4. The van der Waals surface area contributed by atoms with Crippen molar-refractivity contribution in [1.82, 2.24) is 9.55 Å². The number of halogens is 1. The van der Waals surface area contributed by atoms with Crippen molar-refractivity contribution in [2.75, 3.05) is 29.0 Å². The maximum atomic E-state index is 6.75. The number of imidazole rings is 1. The number of nitrogens with two attached hydrogens (primary N) is 1. The molecule has 0 saturated carbocycles. The minimum atomic E-state index is 0.636. The summed E-state index contributed by atoms with van der Waals surface area (Å²) in [4.78, 5) is 6.92. The van der Waals surface area contributed by atoms with Gasteiger partial charge in [-0.05, 0) is 66.3 Å². The monoisotopic (exact) mass is 547 g/mol. The van der Waals surface area contributed by atoms with E-state index in [0.717, 1.165) is 57.4 Å². The van der Waals surface area contributed by atoms with Gasteiger partial charge in [0.1, 0.15) is 0 Å². The Labute approximate surface area is 241 Å². The van der Waals surface area contributed by atoms with E-state index in [2.05, 4.69) is 80.4 Å². The Hall–Kier alpha value is -4.22. The molecule has 1 aliphatic rings. The molecule has 0 atom stereocenters. The van der Waals surface area contributed by atoms with Crippen LogP contribution in [0.3, 0.4) is 0 Å². The summed E-state index contributed by atoms with van der Waals surface area (Å²) in [5.41, 5.74) is 16.2. The van der Waals surface area contributed by atoms with Gasteiger partial charge in [0.25, 0.3) is 0 Å². The van der Waals surface area contributed by atoms with Gasteiger partial charge >= 0.3 is 0 Å². The molecular weight excluding hydrogens is 514 g/mol. The SMILES string of the molecule is Nc1cc(-c2ccccc2)ccc1Cn1cncc1CNc1ccc(Cl)c(-c2ccccc2N2CCCCC2)c1. The van der Waals surface area contributed by atoms with Gasteiger partial charge in [-0.2, -0.15) is 0 Å². The number of aromatic nitrogens is 2. The van der Waals surface area contributed by atoms with Gasteiger partial charge in [0.15, 0.2) is 0 Å². The normalized spacial score (nSPS) is 13.4. The number of rotatable bonds is 8. The quantitative estimate of drug-likeness (QED) is 0.193. The van der Waals surface area contributed by atoms with Crippen LogP contribution in [-0.2, 0) is 13.1 Å². The molecule has 5 aromatic rings. The maximum absolute atomic E-state index is 6.75. The standard InChI is InChI=1S/C34H34ClN5/c35-32-16-15-28(20-31(32)30-11-5-6-12-34(30)39-17-7-2-8-18-39)38-22-29-21-37-24-40(29)23-27-14-13-26(19-33(27)36)25-9-3-1-4-10-25/h1,3-6,9-16,19-21,24,38H,2,7-8,17-18,22-23,36H2.